The van der Waals surface area contributed by atoms with E-state index in [9.17, 15) is 18.0 Å². The second kappa shape index (κ2) is 15.4. The number of hydrogen-bond acceptors (Lipinski definition) is 9. The van der Waals surface area contributed by atoms with Gasteiger partial charge in [-0.05, 0) is 65.2 Å². The molecule has 4 aromatic carbocycles. The third-order valence-corrected chi connectivity index (χ3v) is 10.1. The van der Waals surface area contributed by atoms with Crippen LogP contribution < -0.4 is 24.3 Å². The molecule has 2 heterocycles. The predicted octanol–water partition coefficient (Wildman–Crippen LogP) is 3.91. The summed E-state index contributed by atoms with van der Waals surface area (Å²) in [6.07, 6.45) is 0. The van der Waals surface area contributed by atoms with Crippen LogP contribution in [0.3, 0.4) is 0 Å². The molecule has 256 valence electrons. The molecular weight excluding hydrogens is 650 g/mol. The molecule has 0 unspecified atom stereocenters. The number of hydrogen-bond donors (Lipinski definition) is 1. The van der Waals surface area contributed by atoms with Crippen molar-refractivity contribution in [2.45, 2.75) is 24.0 Å². The number of rotatable bonds is 13. The Hall–Kier alpha value is -5.11. The third kappa shape index (κ3) is 8.13. The number of methoxy groups -OCH3 is 1. The van der Waals surface area contributed by atoms with Gasteiger partial charge in [0.15, 0.2) is 18.1 Å². The van der Waals surface area contributed by atoms with Crippen LogP contribution in [0.5, 0.6) is 23.0 Å². The first-order valence-electron chi connectivity index (χ1n) is 15.8. The Morgan fingerprint density at radius 3 is 2.24 bits per heavy atom. The number of carbonyl (C=O) groups excluding carboxylic acids is 2. The maximum Gasteiger partial charge on any atom is 0.261 e. The number of ether oxygens (including phenoxy) is 5. The molecular formula is C36H37N3O9S. The fourth-order valence-corrected chi connectivity index (χ4v) is 6.98. The van der Waals surface area contributed by atoms with Crippen LogP contribution in [-0.4, -0.2) is 76.3 Å². The van der Waals surface area contributed by atoms with Crippen LogP contribution in [0.15, 0.2) is 102 Å². The lowest BCUT2D eigenvalue weighted by atomic mass is 10.0. The number of nitrogens with one attached hydrogen (secondary N) is 1. The van der Waals surface area contributed by atoms with E-state index in [1.54, 1.807) is 37.4 Å². The number of morpholine rings is 1. The lowest BCUT2D eigenvalue weighted by Gasteiger charge is -2.31. The number of sulfonamides is 1. The average molecular weight is 688 g/mol. The van der Waals surface area contributed by atoms with Crippen molar-refractivity contribution in [2.24, 2.45) is 0 Å². The van der Waals surface area contributed by atoms with E-state index >= 15 is 0 Å². The van der Waals surface area contributed by atoms with Crippen LogP contribution in [0, 0.1) is 0 Å². The van der Waals surface area contributed by atoms with Gasteiger partial charge in [-0.1, -0.05) is 48.5 Å². The first-order valence-corrected chi connectivity index (χ1v) is 17.2. The zero-order valence-electron chi connectivity index (χ0n) is 26.9. The molecule has 1 saturated heterocycles. The lowest BCUT2D eigenvalue weighted by Crippen LogP contribution is -2.45. The second-order valence-electron chi connectivity index (χ2n) is 11.4. The molecule has 0 bridgehead atoms. The molecule has 0 aliphatic carbocycles. The highest BCUT2D eigenvalue weighted by Crippen LogP contribution is 2.33. The topological polar surface area (TPSA) is 133 Å². The van der Waals surface area contributed by atoms with Crippen molar-refractivity contribution in [3.05, 3.63) is 114 Å². The monoisotopic (exact) mass is 687 g/mol. The summed E-state index contributed by atoms with van der Waals surface area (Å²) in [6, 6.07) is 26.7. The zero-order chi connectivity index (χ0) is 34.2. The summed E-state index contributed by atoms with van der Waals surface area (Å²) < 4.78 is 54.8. The molecule has 2 aliphatic rings. The second-order valence-corrected chi connectivity index (χ2v) is 13.3. The number of benzene rings is 4. The molecule has 6 rings (SSSR count). The summed E-state index contributed by atoms with van der Waals surface area (Å²) in [5.74, 6) is 1.37. The van der Waals surface area contributed by atoms with Gasteiger partial charge < -0.3 is 33.9 Å². The van der Waals surface area contributed by atoms with E-state index in [1.807, 2.05) is 42.5 Å². The van der Waals surface area contributed by atoms with Gasteiger partial charge in [-0.3, -0.25) is 9.59 Å². The van der Waals surface area contributed by atoms with Crippen molar-refractivity contribution in [3.8, 4) is 23.0 Å². The SMILES string of the molecule is COc1ccc(CN(C(=O)COc2ccc(S(=O)(=O)N3CCOCC3)cc2)[C@@H](C(=O)NCc2ccc3c(c2)OCO3)c2ccccc2)cc1. The average Bonchev–Trinajstić information content (AvgIpc) is 3.62. The van der Waals surface area contributed by atoms with Gasteiger partial charge in [-0.25, -0.2) is 8.42 Å². The zero-order valence-corrected chi connectivity index (χ0v) is 27.8. The lowest BCUT2D eigenvalue weighted by molar-refractivity contribution is -0.143. The summed E-state index contributed by atoms with van der Waals surface area (Å²) in [5.41, 5.74) is 2.20. The van der Waals surface area contributed by atoms with Crippen LogP contribution >= 0.6 is 0 Å². The molecule has 0 radical (unpaired) electrons. The van der Waals surface area contributed by atoms with E-state index < -0.39 is 28.6 Å². The van der Waals surface area contributed by atoms with Gasteiger partial charge in [-0.2, -0.15) is 4.31 Å². The van der Waals surface area contributed by atoms with Crippen molar-refractivity contribution in [1.29, 1.82) is 0 Å². The normalized spacial score (nSPS) is 14.9. The molecule has 0 saturated carbocycles. The molecule has 0 aromatic heterocycles. The smallest absolute Gasteiger partial charge is 0.261 e. The molecule has 2 amide bonds. The molecule has 1 atom stereocenters. The molecule has 2 aliphatic heterocycles. The predicted molar refractivity (Wildman–Crippen MR) is 179 cm³/mol. The van der Waals surface area contributed by atoms with Crippen molar-refractivity contribution in [1.82, 2.24) is 14.5 Å². The largest absolute Gasteiger partial charge is 0.497 e. The minimum absolute atomic E-state index is 0.0971. The minimum atomic E-state index is -3.69. The number of nitrogens with zero attached hydrogens (tertiary/aromatic N) is 2. The first kappa shape index (κ1) is 33.8. The van der Waals surface area contributed by atoms with Gasteiger partial charge in [-0.15, -0.1) is 0 Å². The summed E-state index contributed by atoms with van der Waals surface area (Å²) >= 11 is 0. The maximum atomic E-state index is 14.0. The van der Waals surface area contributed by atoms with Gasteiger partial charge in [0.25, 0.3) is 5.91 Å². The van der Waals surface area contributed by atoms with Gasteiger partial charge in [0.05, 0.1) is 25.2 Å². The van der Waals surface area contributed by atoms with Crippen LogP contribution in [0.1, 0.15) is 22.7 Å². The Bertz CT molecular complexity index is 1850. The quantitative estimate of drug-likeness (QED) is 0.222. The van der Waals surface area contributed by atoms with Crippen LogP contribution in [0.2, 0.25) is 0 Å². The Morgan fingerprint density at radius 1 is 0.857 bits per heavy atom. The third-order valence-electron chi connectivity index (χ3n) is 8.21. The fraction of sp³-hybridized carbons (Fsp3) is 0.278. The standard InChI is InChI=1S/C36H37N3O9S/c1-44-29-10-7-26(8-11-29)23-39(34(40)24-46-30-12-14-31(15-13-30)49(42,43)38-17-19-45-20-18-38)35(28-5-3-2-4-6-28)36(41)37-22-27-9-16-32-33(21-27)48-25-47-32/h2-16,21,35H,17-20,22-25H2,1H3,(H,37,41)/t35-/m1/s1. The Balaban J connectivity index is 1.22. The fourth-order valence-electron chi connectivity index (χ4n) is 5.57. The van der Waals surface area contributed by atoms with Gasteiger partial charge in [0, 0.05) is 26.2 Å². The number of amides is 2. The molecule has 4 aromatic rings. The van der Waals surface area contributed by atoms with Crippen molar-refractivity contribution in [2.75, 3.05) is 46.8 Å². The summed E-state index contributed by atoms with van der Waals surface area (Å²) in [4.78, 5) is 29.7. The molecule has 1 N–H and O–H groups in total. The van der Waals surface area contributed by atoms with Crippen molar-refractivity contribution < 1.29 is 41.7 Å². The van der Waals surface area contributed by atoms with Crippen LogP contribution in [-0.2, 0) is 37.4 Å². The number of carbonyl (C=O) groups is 2. The summed E-state index contributed by atoms with van der Waals surface area (Å²) in [6.45, 7) is 1.29. The molecule has 49 heavy (non-hydrogen) atoms. The van der Waals surface area contributed by atoms with E-state index in [-0.39, 0.29) is 43.8 Å². The summed E-state index contributed by atoms with van der Waals surface area (Å²) in [5, 5.41) is 2.99. The van der Waals surface area contributed by atoms with Crippen molar-refractivity contribution in [3.63, 3.8) is 0 Å². The van der Waals surface area contributed by atoms with Crippen molar-refractivity contribution >= 4 is 21.8 Å². The van der Waals surface area contributed by atoms with E-state index in [0.29, 0.717) is 41.8 Å². The van der Waals surface area contributed by atoms with Crippen LogP contribution in [0.4, 0.5) is 0 Å². The highest BCUT2D eigenvalue weighted by atomic mass is 32.2. The van der Waals surface area contributed by atoms with Gasteiger partial charge in [0.2, 0.25) is 22.7 Å². The van der Waals surface area contributed by atoms with E-state index in [0.717, 1.165) is 11.1 Å². The summed E-state index contributed by atoms with van der Waals surface area (Å²) in [7, 11) is -2.12. The van der Waals surface area contributed by atoms with E-state index in [2.05, 4.69) is 5.32 Å². The molecule has 1 fully saturated rings. The van der Waals surface area contributed by atoms with Gasteiger partial charge >= 0.3 is 0 Å². The first-order chi connectivity index (χ1) is 23.8. The Labute approximate surface area is 285 Å². The maximum absolute atomic E-state index is 14.0. The van der Waals surface area contributed by atoms with Gasteiger partial charge in [0.1, 0.15) is 17.5 Å². The molecule has 12 nitrogen and oxygen atoms in total. The minimum Gasteiger partial charge on any atom is -0.497 e. The number of fused-ring (bicyclic) bond motifs is 1. The Morgan fingerprint density at radius 2 is 1.53 bits per heavy atom. The highest BCUT2D eigenvalue weighted by molar-refractivity contribution is 7.89. The van der Waals surface area contributed by atoms with Crippen LogP contribution in [0.25, 0.3) is 0 Å². The highest BCUT2D eigenvalue weighted by Gasteiger charge is 2.32. The molecule has 13 heteroatoms. The Kier molecular flexibility index (Phi) is 10.6. The van der Waals surface area contributed by atoms with E-state index in [1.165, 1.54) is 33.5 Å². The molecule has 0 spiro atoms. The van der Waals surface area contributed by atoms with E-state index in [4.69, 9.17) is 23.7 Å².